The summed E-state index contributed by atoms with van der Waals surface area (Å²) in [5, 5.41) is 7.49. The van der Waals surface area contributed by atoms with E-state index in [9.17, 15) is 4.79 Å². The molecule has 0 spiro atoms. The molecule has 1 atom stereocenters. The lowest BCUT2D eigenvalue weighted by Gasteiger charge is -2.12. The maximum atomic E-state index is 11.7. The SMILES string of the molecule is CC(C)CCCC1CC=CC(=N)CC1=O. The van der Waals surface area contributed by atoms with Crippen molar-refractivity contribution in [2.24, 2.45) is 11.8 Å². The molecule has 0 bridgehead atoms. The predicted molar refractivity (Wildman–Crippen MR) is 63.3 cm³/mol. The van der Waals surface area contributed by atoms with Crippen LogP contribution in [0.4, 0.5) is 0 Å². The molecule has 1 N–H and O–H groups in total. The van der Waals surface area contributed by atoms with Crippen LogP contribution in [0.3, 0.4) is 0 Å². The van der Waals surface area contributed by atoms with Crippen molar-refractivity contribution in [1.82, 2.24) is 0 Å². The highest BCUT2D eigenvalue weighted by Gasteiger charge is 2.19. The molecular formula is C13H21NO. The van der Waals surface area contributed by atoms with E-state index in [1.54, 1.807) is 6.08 Å². The second-order valence-corrected chi connectivity index (χ2v) is 4.83. The second kappa shape index (κ2) is 5.84. The first kappa shape index (κ1) is 12.2. The number of hydrogen-bond donors (Lipinski definition) is 1. The van der Waals surface area contributed by atoms with E-state index in [0.29, 0.717) is 12.1 Å². The van der Waals surface area contributed by atoms with Crippen molar-refractivity contribution < 1.29 is 4.79 Å². The van der Waals surface area contributed by atoms with Gasteiger partial charge in [-0.05, 0) is 24.8 Å². The minimum absolute atomic E-state index is 0.169. The molecule has 0 radical (unpaired) electrons. The van der Waals surface area contributed by atoms with Crippen LogP contribution in [-0.4, -0.2) is 11.5 Å². The third-order valence-electron chi connectivity index (χ3n) is 2.89. The van der Waals surface area contributed by atoms with Crippen LogP contribution in [0.5, 0.6) is 0 Å². The number of nitrogens with one attached hydrogen (secondary N) is 1. The van der Waals surface area contributed by atoms with Crippen molar-refractivity contribution in [2.45, 2.75) is 46.0 Å². The molecule has 0 saturated heterocycles. The first-order valence-corrected chi connectivity index (χ1v) is 5.86. The maximum Gasteiger partial charge on any atom is 0.142 e. The highest BCUT2D eigenvalue weighted by molar-refractivity contribution is 6.07. The number of Topliss-reactive ketones (excluding diaryl/α,β-unsaturated/α-hetero) is 1. The van der Waals surface area contributed by atoms with Gasteiger partial charge in [-0.15, -0.1) is 0 Å². The van der Waals surface area contributed by atoms with Crippen molar-refractivity contribution >= 4 is 11.5 Å². The number of ketones is 1. The Kier molecular flexibility index (Phi) is 4.73. The Bertz CT molecular complexity index is 266. The van der Waals surface area contributed by atoms with Crippen molar-refractivity contribution in [1.29, 1.82) is 5.41 Å². The second-order valence-electron chi connectivity index (χ2n) is 4.83. The summed E-state index contributed by atoms with van der Waals surface area (Å²) in [4.78, 5) is 11.7. The average molecular weight is 207 g/mol. The zero-order valence-corrected chi connectivity index (χ0v) is 9.75. The van der Waals surface area contributed by atoms with Crippen molar-refractivity contribution in [3.8, 4) is 0 Å². The fourth-order valence-electron chi connectivity index (χ4n) is 1.95. The smallest absolute Gasteiger partial charge is 0.142 e. The molecule has 0 aromatic carbocycles. The molecule has 1 aliphatic rings. The third-order valence-corrected chi connectivity index (χ3v) is 2.89. The van der Waals surface area contributed by atoms with Crippen LogP contribution >= 0.6 is 0 Å². The Morgan fingerprint density at radius 2 is 2.27 bits per heavy atom. The van der Waals surface area contributed by atoms with Crippen molar-refractivity contribution in [2.75, 3.05) is 0 Å². The molecule has 2 heteroatoms. The summed E-state index contributed by atoms with van der Waals surface area (Å²) in [6.07, 6.45) is 8.25. The van der Waals surface area contributed by atoms with Gasteiger partial charge in [0.25, 0.3) is 0 Å². The molecule has 0 fully saturated rings. The number of carbonyl (C=O) groups is 1. The zero-order chi connectivity index (χ0) is 11.3. The van der Waals surface area contributed by atoms with Crippen LogP contribution in [0, 0.1) is 17.2 Å². The summed E-state index contributed by atoms with van der Waals surface area (Å²) in [7, 11) is 0. The lowest BCUT2D eigenvalue weighted by Crippen LogP contribution is -2.15. The summed E-state index contributed by atoms with van der Waals surface area (Å²) in [5.41, 5.74) is 0.464. The van der Waals surface area contributed by atoms with Gasteiger partial charge < -0.3 is 5.41 Å². The largest absolute Gasteiger partial charge is 0.305 e. The van der Waals surface area contributed by atoms with Crippen molar-refractivity contribution in [3.63, 3.8) is 0 Å². The highest BCUT2D eigenvalue weighted by Crippen LogP contribution is 2.20. The number of carbonyl (C=O) groups excluding carboxylic acids is 1. The predicted octanol–water partition coefficient (Wildman–Crippen LogP) is 3.37. The Morgan fingerprint density at radius 3 is 2.93 bits per heavy atom. The minimum Gasteiger partial charge on any atom is -0.305 e. The van der Waals surface area contributed by atoms with Crippen molar-refractivity contribution in [3.05, 3.63) is 12.2 Å². The topological polar surface area (TPSA) is 40.9 Å². The monoisotopic (exact) mass is 207 g/mol. The quantitative estimate of drug-likeness (QED) is 0.754. The van der Waals surface area contributed by atoms with E-state index in [4.69, 9.17) is 5.41 Å². The molecule has 0 aliphatic heterocycles. The van der Waals surface area contributed by atoms with Gasteiger partial charge in [0.1, 0.15) is 5.78 Å². The maximum absolute atomic E-state index is 11.7. The lowest BCUT2D eigenvalue weighted by atomic mass is 9.91. The Morgan fingerprint density at radius 1 is 1.53 bits per heavy atom. The molecule has 0 heterocycles. The lowest BCUT2D eigenvalue weighted by molar-refractivity contribution is -0.121. The van der Waals surface area contributed by atoms with E-state index in [1.807, 2.05) is 6.08 Å². The Balaban J connectivity index is 2.37. The van der Waals surface area contributed by atoms with Crippen LogP contribution in [-0.2, 0) is 4.79 Å². The molecular weight excluding hydrogens is 186 g/mol. The molecule has 1 unspecified atom stereocenters. The molecule has 0 aromatic heterocycles. The summed E-state index contributed by atoms with van der Waals surface area (Å²) in [5.74, 6) is 1.15. The molecule has 1 rings (SSSR count). The molecule has 15 heavy (non-hydrogen) atoms. The summed E-state index contributed by atoms with van der Waals surface area (Å²) in [6, 6.07) is 0. The molecule has 0 aromatic rings. The molecule has 2 nitrogen and oxygen atoms in total. The van der Waals surface area contributed by atoms with E-state index in [1.165, 1.54) is 6.42 Å². The van der Waals surface area contributed by atoms with Crippen LogP contribution in [0.2, 0.25) is 0 Å². The van der Waals surface area contributed by atoms with Crippen LogP contribution in [0.1, 0.15) is 46.0 Å². The fourth-order valence-corrected chi connectivity index (χ4v) is 1.95. The summed E-state index contributed by atoms with van der Waals surface area (Å²) in [6.45, 7) is 4.43. The van der Waals surface area contributed by atoms with Crippen LogP contribution in [0.25, 0.3) is 0 Å². The molecule has 84 valence electrons. The standard InChI is InChI=1S/C13H21NO/c1-10(2)5-3-6-11-7-4-8-12(14)9-13(11)15/h4,8,10-11,14H,3,5-7,9H2,1-2H3. The summed E-state index contributed by atoms with van der Waals surface area (Å²) >= 11 is 0. The van der Waals surface area contributed by atoms with Gasteiger partial charge in [0.05, 0.1) is 0 Å². The van der Waals surface area contributed by atoms with Gasteiger partial charge in [0.2, 0.25) is 0 Å². The summed E-state index contributed by atoms with van der Waals surface area (Å²) < 4.78 is 0. The van der Waals surface area contributed by atoms with Gasteiger partial charge in [0, 0.05) is 18.1 Å². The molecule has 0 saturated carbocycles. The third kappa shape index (κ3) is 4.41. The minimum atomic E-state index is 0.169. The number of allylic oxidation sites excluding steroid dienone is 2. The van der Waals surface area contributed by atoms with Gasteiger partial charge in [-0.25, -0.2) is 0 Å². The van der Waals surface area contributed by atoms with E-state index in [-0.39, 0.29) is 11.7 Å². The van der Waals surface area contributed by atoms with Gasteiger partial charge in [-0.3, -0.25) is 4.79 Å². The Labute approximate surface area is 92.3 Å². The highest BCUT2D eigenvalue weighted by atomic mass is 16.1. The van der Waals surface area contributed by atoms with E-state index in [2.05, 4.69) is 13.8 Å². The van der Waals surface area contributed by atoms with Gasteiger partial charge in [-0.1, -0.05) is 32.8 Å². The Hall–Kier alpha value is -0.920. The first-order chi connectivity index (χ1) is 7.09. The molecule has 0 amide bonds. The van der Waals surface area contributed by atoms with E-state index >= 15 is 0 Å². The fraction of sp³-hybridized carbons (Fsp3) is 0.692. The van der Waals surface area contributed by atoms with Gasteiger partial charge in [0.15, 0.2) is 0 Å². The average Bonchev–Trinajstić information content (AvgIpc) is 2.28. The van der Waals surface area contributed by atoms with Crippen LogP contribution < -0.4 is 0 Å². The molecule has 1 aliphatic carbocycles. The van der Waals surface area contributed by atoms with E-state index in [0.717, 1.165) is 25.2 Å². The zero-order valence-electron chi connectivity index (χ0n) is 9.75. The normalized spacial score (nSPS) is 22.2. The number of rotatable bonds is 4. The van der Waals surface area contributed by atoms with E-state index < -0.39 is 0 Å². The van der Waals surface area contributed by atoms with Gasteiger partial charge in [-0.2, -0.15) is 0 Å². The van der Waals surface area contributed by atoms with Gasteiger partial charge >= 0.3 is 0 Å². The van der Waals surface area contributed by atoms with Crippen LogP contribution in [0.15, 0.2) is 12.2 Å². The number of hydrogen-bond acceptors (Lipinski definition) is 2. The first-order valence-electron chi connectivity index (χ1n) is 5.86.